The lowest BCUT2D eigenvalue weighted by molar-refractivity contribution is 0.686. The molecule has 1 aliphatic heterocycles. The van der Waals surface area contributed by atoms with Crippen molar-refractivity contribution in [1.82, 2.24) is 24.1 Å². The Morgan fingerprint density at radius 2 is 1.91 bits per heavy atom. The highest BCUT2D eigenvalue weighted by Gasteiger charge is 2.21. The molecule has 0 atom stereocenters. The van der Waals surface area contributed by atoms with E-state index in [-0.39, 0.29) is 5.69 Å². The van der Waals surface area contributed by atoms with E-state index in [2.05, 4.69) is 21.4 Å². The molecule has 0 saturated heterocycles. The fourth-order valence-corrected chi connectivity index (χ4v) is 4.00. The van der Waals surface area contributed by atoms with Gasteiger partial charge in [-0.2, -0.15) is 5.26 Å². The van der Waals surface area contributed by atoms with Crippen molar-refractivity contribution in [1.29, 1.82) is 5.26 Å². The molecule has 5 rings (SSSR count). The molecule has 8 heteroatoms. The van der Waals surface area contributed by atoms with Crippen LogP contribution < -0.4 is 11.0 Å². The number of aromatic nitrogens is 5. The van der Waals surface area contributed by atoms with Crippen LogP contribution in [-0.2, 0) is 18.9 Å². The van der Waals surface area contributed by atoms with E-state index in [1.54, 1.807) is 30.2 Å². The van der Waals surface area contributed by atoms with Gasteiger partial charge in [0.2, 0.25) is 0 Å². The molecule has 0 aliphatic carbocycles. The van der Waals surface area contributed by atoms with E-state index in [0.29, 0.717) is 17.1 Å². The van der Waals surface area contributed by atoms with E-state index in [9.17, 15) is 10.1 Å². The van der Waals surface area contributed by atoms with E-state index >= 15 is 0 Å². The maximum Gasteiger partial charge on any atom is 0.333 e. The molecular formula is C25H23N7O. The summed E-state index contributed by atoms with van der Waals surface area (Å²) in [6.07, 6.45) is 6.10. The Bertz CT molecular complexity index is 1460. The quantitative estimate of drug-likeness (QED) is 0.525. The zero-order valence-corrected chi connectivity index (χ0v) is 18.7. The molecular weight excluding hydrogens is 414 g/mol. The standard InChI is InChI=1S/C25H23N7O/c1-25(2,15-26)17-4-6-18(7-5-17)32-22(14-31(3)24(32)33)20-12-16(8-10-27-20)21-13-29-23-19(30-21)9-11-28-23/h4-8,10,12-14H,9,11H2,1-3H3,(H,28,29). The summed E-state index contributed by atoms with van der Waals surface area (Å²) in [7, 11) is 1.72. The Morgan fingerprint density at radius 3 is 2.67 bits per heavy atom. The van der Waals surface area contributed by atoms with Crippen LogP contribution in [0.3, 0.4) is 0 Å². The van der Waals surface area contributed by atoms with Gasteiger partial charge in [0.25, 0.3) is 0 Å². The van der Waals surface area contributed by atoms with Crippen LogP contribution in [0, 0.1) is 11.3 Å². The molecule has 8 nitrogen and oxygen atoms in total. The fourth-order valence-electron chi connectivity index (χ4n) is 4.00. The molecule has 0 bridgehead atoms. The molecule has 1 N–H and O–H groups in total. The summed E-state index contributed by atoms with van der Waals surface area (Å²) in [6.45, 7) is 4.59. The van der Waals surface area contributed by atoms with Gasteiger partial charge in [-0.25, -0.2) is 14.8 Å². The number of fused-ring (bicyclic) bond motifs is 1. The monoisotopic (exact) mass is 437 g/mol. The van der Waals surface area contributed by atoms with Gasteiger partial charge in [-0.15, -0.1) is 0 Å². The van der Waals surface area contributed by atoms with Crippen LogP contribution in [0.2, 0.25) is 0 Å². The van der Waals surface area contributed by atoms with Crippen molar-refractivity contribution in [3.63, 3.8) is 0 Å². The second-order valence-corrected chi connectivity index (χ2v) is 8.68. The maximum absolute atomic E-state index is 13.0. The highest BCUT2D eigenvalue weighted by molar-refractivity contribution is 5.68. The number of aryl methyl sites for hydroxylation is 1. The molecule has 0 unspecified atom stereocenters. The summed E-state index contributed by atoms with van der Waals surface area (Å²) in [6, 6.07) is 13.6. The minimum absolute atomic E-state index is 0.173. The maximum atomic E-state index is 13.0. The second kappa shape index (κ2) is 7.71. The number of nitrogens with one attached hydrogen (secondary N) is 1. The lowest BCUT2D eigenvalue weighted by Gasteiger charge is -2.16. The van der Waals surface area contributed by atoms with Crippen LogP contribution in [0.4, 0.5) is 5.82 Å². The summed E-state index contributed by atoms with van der Waals surface area (Å²) in [4.78, 5) is 26.8. The summed E-state index contributed by atoms with van der Waals surface area (Å²) < 4.78 is 3.17. The first-order chi connectivity index (χ1) is 15.9. The molecule has 1 aromatic carbocycles. The van der Waals surface area contributed by atoms with Gasteiger partial charge in [0.15, 0.2) is 0 Å². The van der Waals surface area contributed by atoms with Crippen LogP contribution >= 0.6 is 0 Å². The van der Waals surface area contributed by atoms with Crippen molar-refractivity contribution in [2.24, 2.45) is 7.05 Å². The average Bonchev–Trinajstić information content (AvgIpc) is 3.43. The zero-order chi connectivity index (χ0) is 23.2. The molecule has 4 aromatic rings. The highest BCUT2D eigenvalue weighted by atomic mass is 16.1. The molecule has 164 valence electrons. The number of nitrogens with zero attached hydrogens (tertiary/aromatic N) is 6. The zero-order valence-electron chi connectivity index (χ0n) is 18.7. The van der Waals surface area contributed by atoms with Crippen LogP contribution in [0.25, 0.3) is 28.3 Å². The third-order valence-corrected chi connectivity index (χ3v) is 5.99. The van der Waals surface area contributed by atoms with Crippen LogP contribution in [0.5, 0.6) is 0 Å². The largest absolute Gasteiger partial charge is 0.368 e. The Morgan fingerprint density at radius 1 is 1.12 bits per heavy atom. The number of rotatable bonds is 4. The van der Waals surface area contributed by atoms with E-state index < -0.39 is 5.41 Å². The summed E-state index contributed by atoms with van der Waals surface area (Å²) in [5.41, 5.74) is 4.78. The van der Waals surface area contributed by atoms with Crippen LogP contribution in [0.1, 0.15) is 25.1 Å². The van der Waals surface area contributed by atoms with Gasteiger partial charge in [-0.3, -0.25) is 9.55 Å². The minimum Gasteiger partial charge on any atom is -0.368 e. The average molecular weight is 438 g/mol. The lowest BCUT2D eigenvalue weighted by atomic mass is 9.86. The lowest BCUT2D eigenvalue weighted by Crippen LogP contribution is -2.21. The van der Waals surface area contributed by atoms with Gasteiger partial charge in [0, 0.05) is 38.0 Å². The third kappa shape index (κ3) is 3.57. The summed E-state index contributed by atoms with van der Waals surface area (Å²) >= 11 is 0. The van der Waals surface area contributed by atoms with Gasteiger partial charge < -0.3 is 9.88 Å². The molecule has 1 aliphatic rings. The Hall–Kier alpha value is -4.25. The van der Waals surface area contributed by atoms with Gasteiger partial charge in [0.05, 0.1) is 46.1 Å². The van der Waals surface area contributed by atoms with Gasteiger partial charge >= 0.3 is 5.69 Å². The van der Waals surface area contributed by atoms with Crippen molar-refractivity contribution in [3.8, 4) is 34.4 Å². The molecule has 4 heterocycles. The smallest absolute Gasteiger partial charge is 0.333 e. The number of hydrogen-bond acceptors (Lipinski definition) is 6. The molecule has 0 spiro atoms. The molecule has 3 aromatic heterocycles. The third-order valence-electron chi connectivity index (χ3n) is 5.99. The van der Waals surface area contributed by atoms with Crippen molar-refractivity contribution >= 4 is 5.82 Å². The number of hydrogen-bond donors (Lipinski definition) is 1. The van der Waals surface area contributed by atoms with E-state index in [4.69, 9.17) is 4.98 Å². The first kappa shape index (κ1) is 20.6. The SMILES string of the molecule is Cn1cc(-c2cc(-c3cnc4c(n3)CCN4)ccn2)n(-c2ccc(C(C)(C)C#N)cc2)c1=O. The summed E-state index contributed by atoms with van der Waals surface area (Å²) in [5, 5.41) is 12.6. The Labute approximate surface area is 191 Å². The van der Waals surface area contributed by atoms with Crippen molar-refractivity contribution in [2.75, 3.05) is 11.9 Å². The van der Waals surface area contributed by atoms with Crippen molar-refractivity contribution in [3.05, 3.63) is 76.7 Å². The number of imidazole rings is 1. The molecule has 0 radical (unpaired) electrons. The molecule has 0 amide bonds. The van der Waals surface area contributed by atoms with E-state index in [0.717, 1.165) is 41.3 Å². The van der Waals surface area contributed by atoms with Gasteiger partial charge in [-0.1, -0.05) is 12.1 Å². The predicted octanol–water partition coefficient (Wildman–Crippen LogP) is 3.46. The first-order valence-electron chi connectivity index (χ1n) is 10.7. The number of benzene rings is 1. The van der Waals surface area contributed by atoms with Gasteiger partial charge in [-0.05, 0) is 43.7 Å². The number of anilines is 1. The molecule has 0 fully saturated rings. The molecule has 33 heavy (non-hydrogen) atoms. The normalized spacial score (nSPS) is 12.8. The second-order valence-electron chi connectivity index (χ2n) is 8.68. The summed E-state index contributed by atoms with van der Waals surface area (Å²) in [5.74, 6) is 0.841. The van der Waals surface area contributed by atoms with Crippen molar-refractivity contribution in [2.45, 2.75) is 25.7 Å². The van der Waals surface area contributed by atoms with Gasteiger partial charge in [0.1, 0.15) is 5.82 Å². The fraction of sp³-hybridized carbons (Fsp3) is 0.240. The highest BCUT2D eigenvalue weighted by Crippen LogP contribution is 2.28. The predicted molar refractivity (Wildman–Crippen MR) is 126 cm³/mol. The minimum atomic E-state index is -0.606. The van der Waals surface area contributed by atoms with Crippen LogP contribution in [-0.4, -0.2) is 30.6 Å². The Kier molecular flexibility index (Phi) is 4.82. The first-order valence-corrected chi connectivity index (χ1v) is 10.7. The van der Waals surface area contributed by atoms with E-state index in [1.807, 2.05) is 50.2 Å². The number of nitriles is 1. The van der Waals surface area contributed by atoms with Crippen molar-refractivity contribution < 1.29 is 0 Å². The number of pyridine rings is 1. The van der Waals surface area contributed by atoms with E-state index in [1.165, 1.54) is 4.57 Å². The Balaban J connectivity index is 1.58. The van der Waals surface area contributed by atoms with Crippen LogP contribution in [0.15, 0.2) is 59.8 Å². The topological polar surface area (TPSA) is 101 Å². The molecule has 0 saturated carbocycles.